The van der Waals surface area contributed by atoms with Crippen LogP contribution in [0, 0.1) is 0 Å². The van der Waals surface area contributed by atoms with Crippen molar-refractivity contribution in [1.29, 1.82) is 0 Å². The van der Waals surface area contributed by atoms with Crippen LogP contribution in [0.15, 0.2) is 23.5 Å². The lowest BCUT2D eigenvalue weighted by molar-refractivity contribution is 0.183. The standard InChI is InChI=1S/C11H17NO3S/c1-8-5-9(12-16(2,13)14)7-11(6-8)15-10-3-4-10/h5-6,9-10,12H,3-4,7H2,1-2H3. The molecule has 4 nitrogen and oxygen atoms in total. The summed E-state index contributed by atoms with van der Waals surface area (Å²) in [6.07, 6.45) is 8.28. The van der Waals surface area contributed by atoms with Crippen molar-refractivity contribution < 1.29 is 13.2 Å². The summed E-state index contributed by atoms with van der Waals surface area (Å²) in [7, 11) is -3.16. The molecular formula is C11H17NO3S. The monoisotopic (exact) mass is 243 g/mol. The third-order valence-corrected chi connectivity index (χ3v) is 3.21. The van der Waals surface area contributed by atoms with Crippen molar-refractivity contribution in [2.75, 3.05) is 6.26 Å². The average Bonchev–Trinajstić information content (AvgIpc) is 2.82. The maximum Gasteiger partial charge on any atom is 0.209 e. The van der Waals surface area contributed by atoms with Crippen LogP contribution in [0.2, 0.25) is 0 Å². The normalized spacial score (nSPS) is 26.0. The van der Waals surface area contributed by atoms with Crippen LogP contribution in [-0.4, -0.2) is 26.8 Å². The van der Waals surface area contributed by atoms with Gasteiger partial charge in [-0.15, -0.1) is 0 Å². The number of rotatable bonds is 4. The largest absolute Gasteiger partial charge is 0.495 e. The van der Waals surface area contributed by atoms with Crippen LogP contribution in [0.3, 0.4) is 0 Å². The number of hydrogen-bond donors (Lipinski definition) is 1. The van der Waals surface area contributed by atoms with E-state index in [1.165, 1.54) is 6.26 Å². The van der Waals surface area contributed by atoms with Gasteiger partial charge in [-0.3, -0.25) is 0 Å². The van der Waals surface area contributed by atoms with Crippen molar-refractivity contribution in [3.8, 4) is 0 Å². The van der Waals surface area contributed by atoms with Gasteiger partial charge in [0.1, 0.15) is 0 Å². The van der Waals surface area contributed by atoms with E-state index >= 15 is 0 Å². The van der Waals surface area contributed by atoms with Gasteiger partial charge in [0.15, 0.2) is 0 Å². The van der Waals surface area contributed by atoms with Crippen LogP contribution < -0.4 is 4.72 Å². The number of hydrogen-bond acceptors (Lipinski definition) is 3. The first-order chi connectivity index (χ1) is 7.42. The number of sulfonamides is 1. The predicted octanol–water partition coefficient (Wildman–Crippen LogP) is 1.32. The molecule has 0 bridgehead atoms. The second kappa shape index (κ2) is 4.22. The molecule has 1 unspecified atom stereocenters. The molecule has 2 aliphatic rings. The fourth-order valence-corrected chi connectivity index (χ4v) is 2.49. The van der Waals surface area contributed by atoms with Crippen LogP contribution >= 0.6 is 0 Å². The Morgan fingerprint density at radius 3 is 2.69 bits per heavy atom. The Kier molecular flexibility index (Phi) is 3.08. The molecule has 1 saturated carbocycles. The molecule has 0 spiro atoms. The third kappa shape index (κ3) is 3.64. The van der Waals surface area contributed by atoms with Gasteiger partial charge in [0.05, 0.1) is 18.1 Å². The summed E-state index contributed by atoms with van der Waals surface area (Å²) in [4.78, 5) is 0. The first kappa shape index (κ1) is 11.7. The summed E-state index contributed by atoms with van der Waals surface area (Å²) in [6, 6.07) is -0.172. The smallest absolute Gasteiger partial charge is 0.209 e. The van der Waals surface area contributed by atoms with Crippen molar-refractivity contribution >= 4 is 10.0 Å². The van der Waals surface area contributed by atoms with E-state index in [1.807, 2.05) is 19.1 Å². The molecule has 0 saturated heterocycles. The molecule has 1 fully saturated rings. The number of allylic oxidation sites excluding steroid dienone is 2. The highest BCUT2D eigenvalue weighted by atomic mass is 32.2. The van der Waals surface area contributed by atoms with E-state index in [0.717, 1.165) is 24.2 Å². The lowest BCUT2D eigenvalue weighted by atomic mass is 10.0. The minimum atomic E-state index is -3.16. The van der Waals surface area contributed by atoms with E-state index in [2.05, 4.69) is 4.72 Å². The van der Waals surface area contributed by atoms with Crippen molar-refractivity contribution in [2.45, 2.75) is 38.3 Å². The fraction of sp³-hybridized carbons (Fsp3) is 0.636. The maximum absolute atomic E-state index is 11.1. The molecule has 2 aliphatic carbocycles. The molecule has 1 N–H and O–H groups in total. The highest BCUT2D eigenvalue weighted by Crippen LogP contribution is 2.30. The van der Waals surface area contributed by atoms with Crippen LogP contribution in [-0.2, 0) is 14.8 Å². The highest BCUT2D eigenvalue weighted by molar-refractivity contribution is 7.88. The SMILES string of the molecule is CC1=CC(NS(C)(=O)=O)CC(OC2CC2)=C1. The van der Waals surface area contributed by atoms with Gasteiger partial charge in [0.2, 0.25) is 10.0 Å². The summed E-state index contributed by atoms with van der Waals surface area (Å²) >= 11 is 0. The van der Waals surface area contributed by atoms with Crippen LogP contribution in [0.25, 0.3) is 0 Å². The zero-order valence-corrected chi connectivity index (χ0v) is 10.4. The lowest BCUT2D eigenvalue weighted by Gasteiger charge is -2.21. The molecule has 0 aliphatic heterocycles. The topological polar surface area (TPSA) is 55.4 Å². The summed E-state index contributed by atoms with van der Waals surface area (Å²) in [5, 5.41) is 0. The maximum atomic E-state index is 11.1. The zero-order chi connectivity index (χ0) is 11.8. The van der Waals surface area contributed by atoms with E-state index in [-0.39, 0.29) is 6.04 Å². The molecule has 1 atom stereocenters. The van der Waals surface area contributed by atoms with Crippen molar-refractivity contribution in [3.63, 3.8) is 0 Å². The number of nitrogens with one attached hydrogen (secondary N) is 1. The fourth-order valence-electron chi connectivity index (χ4n) is 1.79. The second-order valence-electron chi connectivity index (χ2n) is 4.54. The first-order valence-electron chi connectivity index (χ1n) is 5.45. The Balaban J connectivity index is 2.00. The van der Waals surface area contributed by atoms with Gasteiger partial charge in [0.25, 0.3) is 0 Å². The number of ether oxygens (including phenoxy) is 1. The van der Waals surface area contributed by atoms with E-state index in [9.17, 15) is 8.42 Å². The van der Waals surface area contributed by atoms with E-state index in [4.69, 9.17) is 4.74 Å². The highest BCUT2D eigenvalue weighted by Gasteiger charge is 2.26. The predicted molar refractivity (Wildman–Crippen MR) is 62.3 cm³/mol. The van der Waals surface area contributed by atoms with E-state index in [1.54, 1.807) is 0 Å². The molecule has 90 valence electrons. The van der Waals surface area contributed by atoms with Crippen molar-refractivity contribution in [2.24, 2.45) is 0 Å². The Morgan fingerprint density at radius 2 is 2.12 bits per heavy atom. The van der Waals surface area contributed by atoms with Crippen LogP contribution in [0.1, 0.15) is 26.2 Å². The van der Waals surface area contributed by atoms with Gasteiger partial charge in [-0.25, -0.2) is 13.1 Å². The minimum Gasteiger partial charge on any atom is -0.495 e. The minimum absolute atomic E-state index is 0.172. The molecular weight excluding hydrogens is 226 g/mol. The summed E-state index contributed by atoms with van der Waals surface area (Å²) in [6.45, 7) is 1.95. The molecule has 0 aromatic heterocycles. The Labute approximate surface area is 96.4 Å². The quantitative estimate of drug-likeness (QED) is 0.810. The van der Waals surface area contributed by atoms with Gasteiger partial charge in [-0.1, -0.05) is 11.6 Å². The van der Waals surface area contributed by atoms with Crippen molar-refractivity contribution in [1.82, 2.24) is 4.72 Å². The van der Waals surface area contributed by atoms with Crippen molar-refractivity contribution in [3.05, 3.63) is 23.5 Å². The second-order valence-corrected chi connectivity index (χ2v) is 6.32. The Morgan fingerprint density at radius 1 is 1.44 bits per heavy atom. The molecule has 2 rings (SSSR count). The van der Waals surface area contributed by atoms with Crippen LogP contribution in [0.5, 0.6) is 0 Å². The molecule has 0 radical (unpaired) electrons. The lowest BCUT2D eigenvalue weighted by Crippen LogP contribution is -2.34. The summed E-state index contributed by atoms with van der Waals surface area (Å²) in [5.74, 6) is 0.892. The average molecular weight is 243 g/mol. The van der Waals surface area contributed by atoms with Gasteiger partial charge in [-0.05, 0) is 25.8 Å². The Hall–Kier alpha value is -0.810. The molecule has 5 heteroatoms. The summed E-state index contributed by atoms with van der Waals surface area (Å²) < 4.78 is 30.6. The Bertz CT molecular complexity index is 432. The first-order valence-corrected chi connectivity index (χ1v) is 7.34. The van der Waals surface area contributed by atoms with E-state index < -0.39 is 10.0 Å². The molecule has 16 heavy (non-hydrogen) atoms. The third-order valence-electron chi connectivity index (χ3n) is 2.48. The zero-order valence-electron chi connectivity index (χ0n) is 9.56. The van der Waals surface area contributed by atoms with Gasteiger partial charge in [0, 0.05) is 12.5 Å². The molecule has 0 aromatic carbocycles. The van der Waals surface area contributed by atoms with E-state index in [0.29, 0.717) is 12.5 Å². The van der Waals surface area contributed by atoms with Gasteiger partial charge >= 0.3 is 0 Å². The van der Waals surface area contributed by atoms with Crippen LogP contribution in [0.4, 0.5) is 0 Å². The molecule has 0 aromatic rings. The molecule has 0 heterocycles. The van der Waals surface area contributed by atoms with Gasteiger partial charge < -0.3 is 4.74 Å². The van der Waals surface area contributed by atoms with Gasteiger partial charge in [-0.2, -0.15) is 0 Å². The summed E-state index contributed by atoms with van der Waals surface area (Å²) in [5.41, 5.74) is 1.04. The molecule has 0 amide bonds.